The molecule has 1 rings (SSSR count). The molecule has 1 aromatic carbocycles. The maximum atomic E-state index is 5.53. The number of benzene rings is 1. The van der Waals surface area contributed by atoms with Crippen LogP contribution < -0.4 is 14.8 Å². The molecular formula is C15H21NO2. The molecule has 0 aliphatic heterocycles. The van der Waals surface area contributed by atoms with Crippen molar-refractivity contribution in [2.45, 2.75) is 26.8 Å². The minimum absolute atomic E-state index is 0.389. The number of hydrogen-bond donors (Lipinski definition) is 1. The maximum Gasteiger partial charge on any atom is 0.162 e. The molecule has 0 amide bonds. The van der Waals surface area contributed by atoms with Crippen LogP contribution in [0.1, 0.15) is 25.8 Å². The molecule has 3 nitrogen and oxygen atoms in total. The third kappa shape index (κ3) is 4.68. The Morgan fingerprint density at radius 1 is 1.28 bits per heavy atom. The molecule has 3 heteroatoms. The third-order valence-electron chi connectivity index (χ3n) is 2.46. The van der Waals surface area contributed by atoms with Crippen LogP contribution in [0.15, 0.2) is 18.2 Å². The van der Waals surface area contributed by atoms with Crippen molar-refractivity contribution in [1.29, 1.82) is 0 Å². The zero-order valence-corrected chi connectivity index (χ0v) is 11.4. The first-order valence-electron chi connectivity index (χ1n) is 6.21. The molecule has 1 N–H and O–H groups in total. The first-order valence-corrected chi connectivity index (χ1v) is 6.21. The predicted molar refractivity (Wildman–Crippen MR) is 73.9 cm³/mol. The Hall–Kier alpha value is -1.66. The van der Waals surface area contributed by atoms with Crippen molar-refractivity contribution in [2.24, 2.45) is 0 Å². The smallest absolute Gasteiger partial charge is 0.162 e. The van der Waals surface area contributed by atoms with E-state index in [2.05, 4.69) is 24.1 Å². The van der Waals surface area contributed by atoms with Gasteiger partial charge in [0.2, 0.25) is 0 Å². The normalized spacial score (nSPS) is 9.50. The van der Waals surface area contributed by atoms with Crippen LogP contribution in [-0.2, 0) is 6.54 Å². The first kappa shape index (κ1) is 14.4. The second kappa shape index (κ2) is 8.43. The van der Waals surface area contributed by atoms with Gasteiger partial charge in [-0.3, -0.25) is 0 Å². The van der Waals surface area contributed by atoms with Crippen molar-refractivity contribution in [2.75, 3.05) is 20.3 Å². The van der Waals surface area contributed by atoms with E-state index in [9.17, 15) is 0 Å². The molecule has 0 saturated carbocycles. The van der Waals surface area contributed by atoms with Crippen molar-refractivity contribution in [3.05, 3.63) is 23.8 Å². The lowest BCUT2D eigenvalue weighted by Crippen LogP contribution is -2.13. The highest BCUT2D eigenvalue weighted by molar-refractivity contribution is 5.43. The van der Waals surface area contributed by atoms with Gasteiger partial charge in [-0.1, -0.05) is 18.9 Å². The van der Waals surface area contributed by atoms with Gasteiger partial charge in [-0.2, -0.15) is 0 Å². The Kier molecular flexibility index (Phi) is 6.75. The minimum atomic E-state index is 0.389. The molecule has 0 saturated heterocycles. The first-order chi connectivity index (χ1) is 8.81. The van der Waals surface area contributed by atoms with Crippen LogP contribution in [0.3, 0.4) is 0 Å². The van der Waals surface area contributed by atoms with Gasteiger partial charge in [0, 0.05) is 6.54 Å². The standard InChI is InChI=1S/C15H21NO2/c1-4-6-10-18-14-8-7-13(11-15(14)17-3)12-16-9-5-2/h7-8,11,16H,5,9-10,12H2,1-3H3. The summed E-state index contributed by atoms with van der Waals surface area (Å²) in [4.78, 5) is 0. The predicted octanol–water partition coefficient (Wildman–Crippen LogP) is 2.60. The van der Waals surface area contributed by atoms with E-state index in [4.69, 9.17) is 9.47 Å². The van der Waals surface area contributed by atoms with E-state index in [0.717, 1.165) is 31.0 Å². The molecule has 98 valence electrons. The Balaban J connectivity index is 2.65. The molecule has 0 atom stereocenters. The average molecular weight is 247 g/mol. The third-order valence-corrected chi connectivity index (χ3v) is 2.46. The summed E-state index contributed by atoms with van der Waals surface area (Å²) >= 11 is 0. The van der Waals surface area contributed by atoms with E-state index in [-0.39, 0.29) is 0 Å². The summed E-state index contributed by atoms with van der Waals surface area (Å²) in [6, 6.07) is 5.97. The van der Waals surface area contributed by atoms with E-state index in [1.165, 1.54) is 5.56 Å². The van der Waals surface area contributed by atoms with Gasteiger partial charge in [0.05, 0.1) is 7.11 Å². The lowest BCUT2D eigenvalue weighted by atomic mass is 10.2. The maximum absolute atomic E-state index is 5.53. The van der Waals surface area contributed by atoms with Gasteiger partial charge in [-0.25, -0.2) is 0 Å². The number of hydrogen-bond acceptors (Lipinski definition) is 3. The quantitative estimate of drug-likeness (QED) is 0.593. The van der Waals surface area contributed by atoms with E-state index in [1.807, 2.05) is 18.2 Å². The highest BCUT2D eigenvalue weighted by Crippen LogP contribution is 2.27. The largest absolute Gasteiger partial charge is 0.493 e. The molecule has 0 fully saturated rings. The van der Waals surface area contributed by atoms with Crippen LogP contribution in [0.4, 0.5) is 0 Å². The second-order valence-corrected chi connectivity index (χ2v) is 3.88. The SMILES string of the molecule is CC#CCOc1ccc(CNCCC)cc1OC. The number of ether oxygens (including phenoxy) is 2. The van der Waals surface area contributed by atoms with Crippen LogP contribution in [0.25, 0.3) is 0 Å². The summed E-state index contributed by atoms with van der Waals surface area (Å²) in [5, 5.41) is 3.36. The van der Waals surface area contributed by atoms with Crippen molar-refractivity contribution < 1.29 is 9.47 Å². The average Bonchev–Trinajstić information content (AvgIpc) is 2.40. The van der Waals surface area contributed by atoms with Crippen molar-refractivity contribution in [1.82, 2.24) is 5.32 Å². The second-order valence-electron chi connectivity index (χ2n) is 3.88. The number of nitrogens with one attached hydrogen (secondary N) is 1. The summed E-state index contributed by atoms with van der Waals surface area (Å²) in [5.74, 6) is 7.15. The van der Waals surface area contributed by atoms with E-state index in [0.29, 0.717) is 6.61 Å². The Labute approximate surface area is 109 Å². The zero-order chi connectivity index (χ0) is 13.2. The van der Waals surface area contributed by atoms with Crippen molar-refractivity contribution >= 4 is 0 Å². The summed E-state index contributed by atoms with van der Waals surface area (Å²) in [5.41, 5.74) is 1.19. The monoisotopic (exact) mass is 247 g/mol. The van der Waals surface area contributed by atoms with Crippen LogP contribution >= 0.6 is 0 Å². The van der Waals surface area contributed by atoms with Crippen LogP contribution in [-0.4, -0.2) is 20.3 Å². The lowest BCUT2D eigenvalue weighted by Gasteiger charge is -2.11. The molecule has 0 aromatic heterocycles. The van der Waals surface area contributed by atoms with Gasteiger partial charge in [-0.15, -0.1) is 5.92 Å². The Morgan fingerprint density at radius 2 is 2.11 bits per heavy atom. The Morgan fingerprint density at radius 3 is 2.78 bits per heavy atom. The van der Waals surface area contributed by atoms with Gasteiger partial charge in [-0.05, 0) is 37.6 Å². The van der Waals surface area contributed by atoms with Crippen LogP contribution in [0, 0.1) is 11.8 Å². The molecule has 0 bridgehead atoms. The fraction of sp³-hybridized carbons (Fsp3) is 0.467. The molecule has 0 radical (unpaired) electrons. The van der Waals surface area contributed by atoms with Gasteiger partial charge >= 0.3 is 0 Å². The van der Waals surface area contributed by atoms with Gasteiger partial charge in [0.15, 0.2) is 11.5 Å². The molecule has 0 heterocycles. The topological polar surface area (TPSA) is 30.5 Å². The van der Waals surface area contributed by atoms with Crippen molar-refractivity contribution in [3.63, 3.8) is 0 Å². The number of methoxy groups -OCH3 is 1. The summed E-state index contributed by atoms with van der Waals surface area (Å²) in [7, 11) is 1.65. The number of rotatable bonds is 7. The highest BCUT2D eigenvalue weighted by atomic mass is 16.5. The lowest BCUT2D eigenvalue weighted by molar-refractivity contribution is 0.330. The summed E-state index contributed by atoms with van der Waals surface area (Å²) in [6.07, 6.45) is 1.13. The summed E-state index contributed by atoms with van der Waals surface area (Å²) in [6.45, 7) is 6.20. The molecular weight excluding hydrogens is 226 g/mol. The van der Waals surface area contributed by atoms with E-state index < -0.39 is 0 Å². The highest BCUT2D eigenvalue weighted by Gasteiger charge is 2.05. The Bertz CT molecular complexity index is 418. The minimum Gasteiger partial charge on any atom is -0.493 e. The fourth-order valence-electron chi connectivity index (χ4n) is 1.54. The van der Waals surface area contributed by atoms with Crippen LogP contribution in [0.5, 0.6) is 11.5 Å². The molecule has 0 aliphatic carbocycles. The van der Waals surface area contributed by atoms with Gasteiger partial charge in [0.25, 0.3) is 0 Å². The van der Waals surface area contributed by atoms with Crippen LogP contribution in [0.2, 0.25) is 0 Å². The van der Waals surface area contributed by atoms with Crippen molar-refractivity contribution in [3.8, 4) is 23.3 Å². The van der Waals surface area contributed by atoms with Gasteiger partial charge in [0.1, 0.15) is 6.61 Å². The van der Waals surface area contributed by atoms with E-state index >= 15 is 0 Å². The summed E-state index contributed by atoms with van der Waals surface area (Å²) < 4.78 is 10.9. The van der Waals surface area contributed by atoms with E-state index in [1.54, 1.807) is 14.0 Å². The molecule has 18 heavy (non-hydrogen) atoms. The zero-order valence-electron chi connectivity index (χ0n) is 11.4. The van der Waals surface area contributed by atoms with Gasteiger partial charge < -0.3 is 14.8 Å². The molecule has 1 aromatic rings. The molecule has 0 unspecified atom stereocenters. The fourth-order valence-corrected chi connectivity index (χ4v) is 1.54. The molecule has 0 spiro atoms. The molecule has 0 aliphatic rings.